The van der Waals surface area contributed by atoms with Gasteiger partial charge in [0.05, 0.1) is 14.2 Å². The lowest BCUT2D eigenvalue weighted by atomic mass is 10.1. The highest BCUT2D eigenvalue weighted by Gasteiger charge is 2.26. The summed E-state index contributed by atoms with van der Waals surface area (Å²) >= 11 is 0. The molecule has 6 heteroatoms. The van der Waals surface area contributed by atoms with E-state index in [-0.39, 0.29) is 6.10 Å². The lowest BCUT2D eigenvalue weighted by Crippen LogP contribution is -2.22. The maximum Gasteiger partial charge on any atom is 0.212 e. The maximum atomic E-state index is 10.9. The zero-order valence-electron chi connectivity index (χ0n) is 12.2. The van der Waals surface area contributed by atoms with Crippen molar-refractivity contribution in [2.45, 2.75) is 6.10 Å². The highest BCUT2D eigenvalue weighted by atomic mass is 16.6. The van der Waals surface area contributed by atoms with Gasteiger partial charge in [0.1, 0.15) is 12.9 Å². The lowest BCUT2D eigenvalue weighted by molar-refractivity contribution is 0.0865. The molecule has 1 aliphatic heterocycles. The molecule has 1 aliphatic rings. The van der Waals surface area contributed by atoms with Gasteiger partial charge in [0, 0.05) is 23.4 Å². The molecule has 6 nitrogen and oxygen atoms in total. The molecule has 1 aromatic carbocycles. The van der Waals surface area contributed by atoms with Crippen molar-refractivity contribution in [2.75, 3.05) is 20.8 Å². The smallest absolute Gasteiger partial charge is 0.212 e. The largest absolute Gasteiger partial charge is 0.493 e. The van der Waals surface area contributed by atoms with Crippen LogP contribution >= 0.6 is 0 Å². The van der Waals surface area contributed by atoms with Gasteiger partial charge in [-0.1, -0.05) is 0 Å². The molecular formula is C16H15NO5. The number of hydrogen-bond donors (Lipinski definition) is 0. The Labute approximate surface area is 127 Å². The van der Waals surface area contributed by atoms with E-state index in [1.807, 2.05) is 6.07 Å². The fourth-order valence-electron chi connectivity index (χ4n) is 2.25. The number of methoxy groups -OCH3 is 2. The van der Waals surface area contributed by atoms with Crippen LogP contribution in [0.25, 0.3) is 0 Å². The molecule has 1 unspecified atom stereocenters. The standard InChI is InChI=1S/C16H15NO5/c1-19-12-5-10(8-18)6-13-16(12)22-14(9-21-13)11-3-4-15(20-2)17-7-11/h3-8,14H,9H2,1-2H3. The minimum absolute atomic E-state index is 0.304. The summed E-state index contributed by atoms with van der Waals surface area (Å²) in [6.07, 6.45) is 2.12. The van der Waals surface area contributed by atoms with E-state index in [1.165, 1.54) is 7.11 Å². The summed E-state index contributed by atoms with van der Waals surface area (Å²) in [5.74, 6) is 1.99. The molecule has 0 N–H and O–H groups in total. The number of nitrogens with zero attached hydrogens (tertiary/aromatic N) is 1. The molecule has 0 saturated carbocycles. The summed E-state index contributed by atoms with van der Waals surface area (Å²) < 4.78 is 22.0. The highest BCUT2D eigenvalue weighted by Crippen LogP contribution is 2.44. The van der Waals surface area contributed by atoms with E-state index in [4.69, 9.17) is 18.9 Å². The summed E-state index contributed by atoms with van der Waals surface area (Å²) in [6.45, 7) is 0.326. The van der Waals surface area contributed by atoms with Crippen LogP contribution in [0, 0.1) is 0 Å². The number of rotatable bonds is 4. The highest BCUT2D eigenvalue weighted by molar-refractivity contribution is 5.78. The molecular weight excluding hydrogens is 286 g/mol. The SMILES string of the molecule is COc1ccc(C2COc3cc(C=O)cc(OC)c3O2)cn1. The van der Waals surface area contributed by atoms with Crippen LogP contribution in [0.4, 0.5) is 0 Å². The van der Waals surface area contributed by atoms with Gasteiger partial charge < -0.3 is 18.9 Å². The Kier molecular flexibility index (Phi) is 3.82. The molecule has 0 aliphatic carbocycles. The molecule has 0 saturated heterocycles. The van der Waals surface area contributed by atoms with Crippen LogP contribution in [0.3, 0.4) is 0 Å². The molecule has 22 heavy (non-hydrogen) atoms. The first-order valence-electron chi connectivity index (χ1n) is 6.71. The van der Waals surface area contributed by atoms with Gasteiger partial charge in [-0.15, -0.1) is 0 Å². The summed E-state index contributed by atoms with van der Waals surface area (Å²) in [7, 11) is 3.08. The predicted octanol–water partition coefficient (Wildman–Crippen LogP) is 2.42. The van der Waals surface area contributed by atoms with Crippen molar-refractivity contribution in [2.24, 2.45) is 0 Å². The lowest BCUT2D eigenvalue weighted by Gasteiger charge is -2.28. The van der Waals surface area contributed by atoms with Crippen LogP contribution in [0.1, 0.15) is 22.0 Å². The number of fused-ring (bicyclic) bond motifs is 1. The quantitative estimate of drug-likeness (QED) is 0.808. The van der Waals surface area contributed by atoms with E-state index in [9.17, 15) is 4.79 Å². The van der Waals surface area contributed by atoms with E-state index in [0.29, 0.717) is 35.3 Å². The second-order valence-electron chi connectivity index (χ2n) is 4.72. The summed E-state index contributed by atoms with van der Waals surface area (Å²) in [5.41, 5.74) is 1.34. The molecule has 114 valence electrons. The van der Waals surface area contributed by atoms with E-state index in [0.717, 1.165) is 11.8 Å². The summed E-state index contributed by atoms with van der Waals surface area (Å²) in [6, 6.07) is 6.88. The molecule has 3 rings (SSSR count). The second kappa shape index (κ2) is 5.93. The molecule has 0 amide bonds. The van der Waals surface area contributed by atoms with Crippen molar-refractivity contribution in [1.29, 1.82) is 0 Å². The molecule has 1 atom stereocenters. The summed E-state index contributed by atoms with van der Waals surface area (Å²) in [5, 5.41) is 0. The average Bonchev–Trinajstić information content (AvgIpc) is 2.60. The van der Waals surface area contributed by atoms with Crippen molar-refractivity contribution in [3.8, 4) is 23.1 Å². The topological polar surface area (TPSA) is 66.9 Å². The van der Waals surface area contributed by atoms with Crippen molar-refractivity contribution in [3.63, 3.8) is 0 Å². The monoisotopic (exact) mass is 301 g/mol. The number of carbonyl (C=O) groups is 1. The molecule has 1 aromatic heterocycles. The van der Waals surface area contributed by atoms with Crippen molar-refractivity contribution < 1.29 is 23.7 Å². The number of hydrogen-bond acceptors (Lipinski definition) is 6. The van der Waals surface area contributed by atoms with Gasteiger partial charge in [0.2, 0.25) is 11.6 Å². The Balaban J connectivity index is 1.90. The number of pyridine rings is 1. The molecule has 2 aromatic rings. The van der Waals surface area contributed by atoms with Gasteiger partial charge in [-0.25, -0.2) is 4.98 Å². The minimum Gasteiger partial charge on any atom is -0.493 e. The zero-order valence-corrected chi connectivity index (χ0v) is 12.2. The number of benzene rings is 1. The summed E-state index contributed by atoms with van der Waals surface area (Å²) in [4.78, 5) is 15.1. The average molecular weight is 301 g/mol. The Hall–Kier alpha value is -2.76. The van der Waals surface area contributed by atoms with Gasteiger partial charge >= 0.3 is 0 Å². The normalized spacial score (nSPS) is 16.0. The molecule has 0 spiro atoms. The number of aldehydes is 1. The van der Waals surface area contributed by atoms with Crippen LogP contribution in [0.2, 0.25) is 0 Å². The third-order valence-electron chi connectivity index (χ3n) is 3.39. The predicted molar refractivity (Wildman–Crippen MR) is 78.0 cm³/mol. The Morgan fingerprint density at radius 2 is 2.14 bits per heavy atom. The first-order chi connectivity index (χ1) is 10.7. The Bertz CT molecular complexity index is 666. The molecule has 0 bridgehead atoms. The van der Waals surface area contributed by atoms with Gasteiger partial charge in [-0.05, 0) is 18.2 Å². The molecule has 0 fully saturated rings. The van der Waals surface area contributed by atoms with E-state index in [1.54, 1.807) is 31.5 Å². The van der Waals surface area contributed by atoms with Gasteiger partial charge in [-0.3, -0.25) is 4.79 Å². The third-order valence-corrected chi connectivity index (χ3v) is 3.39. The Morgan fingerprint density at radius 1 is 1.27 bits per heavy atom. The second-order valence-corrected chi connectivity index (χ2v) is 4.72. The Morgan fingerprint density at radius 3 is 2.77 bits per heavy atom. The molecule has 2 heterocycles. The van der Waals surface area contributed by atoms with Crippen LogP contribution in [0.5, 0.6) is 23.1 Å². The van der Waals surface area contributed by atoms with Crippen LogP contribution in [0.15, 0.2) is 30.5 Å². The van der Waals surface area contributed by atoms with Crippen molar-refractivity contribution in [1.82, 2.24) is 4.98 Å². The fourth-order valence-corrected chi connectivity index (χ4v) is 2.25. The first kappa shape index (κ1) is 14.2. The fraction of sp³-hybridized carbons (Fsp3) is 0.250. The zero-order chi connectivity index (χ0) is 15.5. The molecule has 0 radical (unpaired) electrons. The number of ether oxygens (including phenoxy) is 4. The first-order valence-corrected chi connectivity index (χ1v) is 6.71. The van der Waals surface area contributed by atoms with E-state index >= 15 is 0 Å². The maximum absolute atomic E-state index is 10.9. The number of aromatic nitrogens is 1. The van der Waals surface area contributed by atoms with Gasteiger partial charge in [-0.2, -0.15) is 0 Å². The van der Waals surface area contributed by atoms with Crippen molar-refractivity contribution >= 4 is 6.29 Å². The van der Waals surface area contributed by atoms with E-state index < -0.39 is 0 Å². The van der Waals surface area contributed by atoms with Gasteiger partial charge in [0.15, 0.2) is 17.6 Å². The van der Waals surface area contributed by atoms with E-state index in [2.05, 4.69) is 4.98 Å². The van der Waals surface area contributed by atoms with Crippen LogP contribution in [-0.4, -0.2) is 32.1 Å². The third kappa shape index (κ3) is 2.55. The van der Waals surface area contributed by atoms with Crippen LogP contribution in [-0.2, 0) is 0 Å². The van der Waals surface area contributed by atoms with Gasteiger partial charge in [0.25, 0.3) is 0 Å². The minimum atomic E-state index is -0.304. The van der Waals surface area contributed by atoms with Crippen LogP contribution < -0.4 is 18.9 Å². The number of carbonyl (C=O) groups excluding carboxylic acids is 1. The van der Waals surface area contributed by atoms with Crippen molar-refractivity contribution in [3.05, 3.63) is 41.6 Å².